The SMILES string of the molecule is COc1ccc(-n2ccc(C(=O)N3CCC(C(=O)O)(C(C)C)C3)n2)cc1. The molecule has 2 aromatic rings. The number of ether oxygens (including phenoxy) is 1. The highest BCUT2D eigenvalue weighted by Gasteiger charge is 2.48. The lowest BCUT2D eigenvalue weighted by molar-refractivity contribution is -0.150. The summed E-state index contributed by atoms with van der Waals surface area (Å²) >= 11 is 0. The molecule has 7 heteroatoms. The molecule has 0 aliphatic carbocycles. The third kappa shape index (κ3) is 3.05. The molecule has 0 saturated carbocycles. The Hall–Kier alpha value is -2.83. The summed E-state index contributed by atoms with van der Waals surface area (Å²) in [5, 5.41) is 14.0. The van der Waals surface area contributed by atoms with Crippen molar-refractivity contribution < 1.29 is 19.4 Å². The van der Waals surface area contributed by atoms with E-state index >= 15 is 0 Å². The summed E-state index contributed by atoms with van der Waals surface area (Å²) in [5.41, 5.74) is 0.243. The monoisotopic (exact) mass is 357 g/mol. The molecule has 1 aliphatic heterocycles. The van der Waals surface area contributed by atoms with Gasteiger partial charge in [0.1, 0.15) is 5.75 Å². The van der Waals surface area contributed by atoms with Gasteiger partial charge < -0.3 is 14.7 Å². The van der Waals surface area contributed by atoms with Gasteiger partial charge in [0.15, 0.2) is 5.69 Å². The lowest BCUT2D eigenvalue weighted by Crippen LogP contribution is -2.40. The number of aromatic nitrogens is 2. The second-order valence-corrected chi connectivity index (χ2v) is 6.94. The molecule has 7 nitrogen and oxygen atoms in total. The number of carbonyl (C=O) groups excluding carboxylic acids is 1. The lowest BCUT2D eigenvalue weighted by Gasteiger charge is -2.28. The standard InChI is InChI=1S/C19H23N3O4/c1-13(2)19(18(24)25)9-11-21(12-19)17(23)16-8-10-22(20-16)14-4-6-15(26-3)7-5-14/h4-8,10,13H,9,11-12H2,1-3H3,(H,24,25). The van der Waals surface area contributed by atoms with Crippen molar-refractivity contribution >= 4 is 11.9 Å². The molecule has 0 spiro atoms. The molecule has 0 bridgehead atoms. The number of benzene rings is 1. The van der Waals surface area contributed by atoms with Crippen molar-refractivity contribution in [3.05, 3.63) is 42.2 Å². The van der Waals surface area contributed by atoms with Gasteiger partial charge in [-0.1, -0.05) is 13.8 Å². The van der Waals surface area contributed by atoms with Crippen LogP contribution in [0.4, 0.5) is 0 Å². The van der Waals surface area contributed by atoms with E-state index in [9.17, 15) is 14.7 Å². The van der Waals surface area contributed by atoms with Gasteiger partial charge in [0.2, 0.25) is 0 Å². The molecule has 1 aliphatic rings. The van der Waals surface area contributed by atoms with Gasteiger partial charge in [-0.15, -0.1) is 0 Å². The zero-order chi connectivity index (χ0) is 18.9. The molecule has 0 radical (unpaired) electrons. The molecule has 1 saturated heterocycles. The topological polar surface area (TPSA) is 84.7 Å². The minimum Gasteiger partial charge on any atom is -0.497 e. The molecule has 1 N–H and O–H groups in total. The molecule has 1 atom stereocenters. The second kappa shape index (κ2) is 6.82. The quantitative estimate of drug-likeness (QED) is 0.888. The Morgan fingerprint density at radius 2 is 1.92 bits per heavy atom. The Balaban J connectivity index is 1.77. The molecule has 26 heavy (non-hydrogen) atoms. The number of carboxylic acids is 1. The van der Waals surface area contributed by atoms with E-state index in [0.29, 0.717) is 18.7 Å². The van der Waals surface area contributed by atoms with Crippen LogP contribution >= 0.6 is 0 Å². The fourth-order valence-corrected chi connectivity index (χ4v) is 3.38. The zero-order valence-corrected chi connectivity index (χ0v) is 15.2. The number of rotatable bonds is 5. The fourth-order valence-electron chi connectivity index (χ4n) is 3.38. The van der Waals surface area contributed by atoms with Crippen LogP contribution in [0.5, 0.6) is 5.75 Å². The van der Waals surface area contributed by atoms with E-state index in [1.165, 1.54) is 0 Å². The van der Waals surface area contributed by atoms with Gasteiger partial charge in [-0.25, -0.2) is 4.68 Å². The predicted molar refractivity (Wildman–Crippen MR) is 95.5 cm³/mol. The molecule has 2 heterocycles. The maximum Gasteiger partial charge on any atom is 0.311 e. The minimum atomic E-state index is -0.881. The molecule has 1 amide bonds. The number of likely N-dealkylation sites (tertiary alicyclic amines) is 1. The molecule has 1 aromatic heterocycles. The van der Waals surface area contributed by atoms with Crippen LogP contribution in [0.2, 0.25) is 0 Å². The number of carboxylic acid groups (broad SMARTS) is 1. The van der Waals surface area contributed by atoms with Gasteiger partial charge in [-0.05, 0) is 42.7 Å². The average Bonchev–Trinajstić information content (AvgIpc) is 3.29. The van der Waals surface area contributed by atoms with Crippen molar-refractivity contribution in [2.75, 3.05) is 20.2 Å². The molecule has 1 unspecified atom stereocenters. The molecular formula is C19H23N3O4. The normalized spacial score (nSPS) is 19.8. The van der Waals surface area contributed by atoms with E-state index in [0.717, 1.165) is 11.4 Å². The van der Waals surface area contributed by atoms with E-state index in [-0.39, 0.29) is 18.4 Å². The number of aliphatic carboxylic acids is 1. The maximum atomic E-state index is 12.8. The summed E-state index contributed by atoms with van der Waals surface area (Å²) in [5.74, 6) is -0.379. The Kier molecular flexibility index (Phi) is 4.71. The summed E-state index contributed by atoms with van der Waals surface area (Å²) in [4.78, 5) is 26.1. The predicted octanol–water partition coefficient (Wildman–Crippen LogP) is 2.45. The van der Waals surface area contributed by atoms with Crippen LogP contribution in [0.1, 0.15) is 30.8 Å². The average molecular weight is 357 g/mol. The van der Waals surface area contributed by atoms with Crippen molar-refractivity contribution in [1.82, 2.24) is 14.7 Å². The van der Waals surface area contributed by atoms with Crippen molar-refractivity contribution in [3.63, 3.8) is 0 Å². The van der Waals surface area contributed by atoms with Gasteiger partial charge in [0.05, 0.1) is 18.2 Å². The van der Waals surface area contributed by atoms with Gasteiger partial charge >= 0.3 is 5.97 Å². The van der Waals surface area contributed by atoms with Crippen molar-refractivity contribution in [1.29, 1.82) is 0 Å². The van der Waals surface area contributed by atoms with Gasteiger partial charge in [0, 0.05) is 19.3 Å². The third-order valence-electron chi connectivity index (χ3n) is 5.26. The fraction of sp³-hybridized carbons (Fsp3) is 0.421. The first kappa shape index (κ1) is 18.0. The highest BCUT2D eigenvalue weighted by Crippen LogP contribution is 2.38. The number of hydrogen-bond acceptors (Lipinski definition) is 4. The molecule has 3 rings (SSSR count). The van der Waals surface area contributed by atoms with Crippen molar-refractivity contribution in [2.45, 2.75) is 20.3 Å². The minimum absolute atomic E-state index is 0.0466. The summed E-state index contributed by atoms with van der Waals surface area (Å²) in [6.45, 7) is 4.42. The lowest BCUT2D eigenvalue weighted by atomic mass is 9.76. The van der Waals surface area contributed by atoms with Crippen molar-refractivity contribution in [3.8, 4) is 11.4 Å². The smallest absolute Gasteiger partial charge is 0.311 e. The van der Waals surface area contributed by atoms with E-state index < -0.39 is 11.4 Å². The van der Waals surface area contributed by atoms with Crippen LogP contribution in [0, 0.1) is 11.3 Å². The van der Waals surface area contributed by atoms with Gasteiger partial charge in [0.25, 0.3) is 5.91 Å². The Morgan fingerprint density at radius 3 is 2.46 bits per heavy atom. The maximum absolute atomic E-state index is 12.8. The summed E-state index contributed by atoms with van der Waals surface area (Å²) < 4.78 is 6.76. The largest absolute Gasteiger partial charge is 0.497 e. The highest BCUT2D eigenvalue weighted by atomic mass is 16.5. The van der Waals surface area contributed by atoms with E-state index in [4.69, 9.17) is 4.74 Å². The van der Waals surface area contributed by atoms with E-state index in [1.807, 2.05) is 38.1 Å². The molecule has 138 valence electrons. The molecule has 1 aromatic carbocycles. The molecular weight excluding hydrogens is 334 g/mol. The third-order valence-corrected chi connectivity index (χ3v) is 5.26. The van der Waals surface area contributed by atoms with Crippen LogP contribution in [0.15, 0.2) is 36.5 Å². The second-order valence-electron chi connectivity index (χ2n) is 6.94. The van der Waals surface area contributed by atoms with Crippen LogP contribution in [0.25, 0.3) is 5.69 Å². The van der Waals surface area contributed by atoms with Crippen LogP contribution < -0.4 is 4.74 Å². The Morgan fingerprint density at radius 1 is 1.23 bits per heavy atom. The number of methoxy groups -OCH3 is 1. The number of amides is 1. The first-order valence-electron chi connectivity index (χ1n) is 8.60. The highest BCUT2D eigenvalue weighted by molar-refractivity contribution is 5.93. The van der Waals surface area contributed by atoms with Crippen molar-refractivity contribution in [2.24, 2.45) is 11.3 Å². The summed E-state index contributed by atoms with van der Waals surface area (Å²) in [6.07, 6.45) is 2.18. The summed E-state index contributed by atoms with van der Waals surface area (Å²) in [6, 6.07) is 9.00. The Bertz CT molecular complexity index is 812. The van der Waals surface area contributed by atoms with Gasteiger partial charge in [-0.2, -0.15) is 5.10 Å². The van der Waals surface area contributed by atoms with Crippen LogP contribution in [-0.4, -0.2) is 51.9 Å². The number of carbonyl (C=O) groups is 2. The first-order valence-corrected chi connectivity index (χ1v) is 8.60. The van der Waals surface area contributed by atoms with Crippen LogP contribution in [-0.2, 0) is 4.79 Å². The summed E-state index contributed by atoms with van der Waals surface area (Å²) in [7, 11) is 1.60. The number of nitrogens with zero attached hydrogens (tertiary/aromatic N) is 3. The Labute approximate surface area is 152 Å². The van der Waals surface area contributed by atoms with E-state index in [2.05, 4.69) is 5.10 Å². The van der Waals surface area contributed by atoms with Gasteiger partial charge in [-0.3, -0.25) is 9.59 Å². The molecule has 1 fully saturated rings. The first-order chi connectivity index (χ1) is 12.4. The van der Waals surface area contributed by atoms with E-state index in [1.54, 1.807) is 29.0 Å². The van der Waals surface area contributed by atoms with Crippen LogP contribution in [0.3, 0.4) is 0 Å². The number of hydrogen-bond donors (Lipinski definition) is 1. The zero-order valence-electron chi connectivity index (χ0n) is 15.2.